The number of aliphatic imine (C=N–C) groups is 1. The SMILES string of the molecule is CN1OC2(CC(C3CCCOC3)Oc3ccc(-c4cccnc4F)cc32)N=C1N. The number of rotatable bonds is 2. The number of hydroxylamine groups is 2. The molecule has 5 rings (SSSR count). The van der Waals surface area contributed by atoms with E-state index < -0.39 is 11.7 Å². The standard InChI is InChI=1S/C21H23FN4O3/c1-26-20(23)25-21(29-26)11-18(14-4-3-9-27-12-14)28-17-7-6-13(10-16(17)21)15-5-2-8-24-19(15)22/h2,5-8,10,14,18H,3-4,9,11-12H2,1H3,(H2,23,25). The highest BCUT2D eigenvalue weighted by Gasteiger charge is 2.50. The fourth-order valence-electron chi connectivity index (χ4n) is 4.36. The second-order valence-corrected chi connectivity index (χ2v) is 7.73. The number of ether oxygens (including phenoxy) is 2. The van der Waals surface area contributed by atoms with Gasteiger partial charge in [0.2, 0.25) is 17.6 Å². The lowest BCUT2D eigenvalue weighted by Crippen LogP contribution is -2.44. The maximum absolute atomic E-state index is 14.3. The van der Waals surface area contributed by atoms with E-state index in [4.69, 9.17) is 20.0 Å². The van der Waals surface area contributed by atoms with Gasteiger partial charge in [0.15, 0.2) is 0 Å². The Hall–Kier alpha value is -2.71. The summed E-state index contributed by atoms with van der Waals surface area (Å²) in [7, 11) is 1.73. The Morgan fingerprint density at radius 3 is 2.93 bits per heavy atom. The van der Waals surface area contributed by atoms with E-state index in [1.165, 1.54) is 11.3 Å². The molecule has 3 aliphatic rings. The minimum Gasteiger partial charge on any atom is -0.489 e. The van der Waals surface area contributed by atoms with E-state index in [0.717, 1.165) is 25.0 Å². The Labute approximate surface area is 168 Å². The summed E-state index contributed by atoms with van der Waals surface area (Å²) >= 11 is 0. The zero-order valence-corrected chi connectivity index (χ0v) is 16.2. The van der Waals surface area contributed by atoms with Crippen molar-refractivity contribution in [2.45, 2.75) is 31.1 Å². The summed E-state index contributed by atoms with van der Waals surface area (Å²) in [6.45, 7) is 1.44. The van der Waals surface area contributed by atoms with Crippen LogP contribution in [0.5, 0.6) is 5.75 Å². The lowest BCUT2D eigenvalue weighted by atomic mass is 9.84. The molecule has 7 nitrogen and oxygen atoms in total. The van der Waals surface area contributed by atoms with Gasteiger partial charge in [-0.25, -0.2) is 19.9 Å². The first kappa shape index (κ1) is 18.3. The zero-order valence-electron chi connectivity index (χ0n) is 16.2. The van der Waals surface area contributed by atoms with Crippen LogP contribution in [0.3, 0.4) is 0 Å². The molecule has 0 aliphatic carbocycles. The molecule has 0 bridgehead atoms. The van der Waals surface area contributed by atoms with Gasteiger partial charge in [-0.15, -0.1) is 0 Å². The molecule has 2 N–H and O–H groups in total. The van der Waals surface area contributed by atoms with E-state index in [9.17, 15) is 4.39 Å². The van der Waals surface area contributed by atoms with Gasteiger partial charge in [-0.1, -0.05) is 6.07 Å². The second kappa shape index (κ2) is 6.96. The van der Waals surface area contributed by atoms with Gasteiger partial charge in [-0.3, -0.25) is 0 Å². The number of nitrogens with zero attached hydrogens (tertiary/aromatic N) is 3. The monoisotopic (exact) mass is 398 g/mol. The van der Waals surface area contributed by atoms with E-state index in [1.54, 1.807) is 19.2 Å². The molecule has 1 fully saturated rings. The number of pyridine rings is 1. The third kappa shape index (κ3) is 3.12. The van der Waals surface area contributed by atoms with Crippen molar-refractivity contribution in [3.8, 4) is 16.9 Å². The molecule has 0 saturated carbocycles. The van der Waals surface area contributed by atoms with E-state index in [0.29, 0.717) is 35.9 Å². The number of nitrogens with two attached hydrogens (primary N) is 1. The number of hydrogen-bond acceptors (Lipinski definition) is 7. The minimum atomic E-state index is -0.997. The summed E-state index contributed by atoms with van der Waals surface area (Å²) in [5.41, 5.74) is 6.89. The largest absolute Gasteiger partial charge is 0.489 e. The molecule has 29 heavy (non-hydrogen) atoms. The average molecular weight is 398 g/mol. The molecule has 152 valence electrons. The van der Waals surface area contributed by atoms with Gasteiger partial charge >= 0.3 is 0 Å². The van der Waals surface area contributed by atoms with Gasteiger partial charge in [-0.2, -0.15) is 4.39 Å². The van der Waals surface area contributed by atoms with Crippen LogP contribution in [0.2, 0.25) is 0 Å². The molecule has 1 aromatic heterocycles. The topological polar surface area (TPSA) is 82.2 Å². The molecule has 1 aromatic carbocycles. The Balaban J connectivity index is 1.59. The van der Waals surface area contributed by atoms with Crippen LogP contribution in [0, 0.1) is 11.9 Å². The lowest BCUT2D eigenvalue weighted by Gasteiger charge is -2.40. The van der Waals surface area contributed by atoms with Crippen LogP contribution in [0.4, 0.5) is 4.39 Å². The van der Waals surface area contributed by atoms with Crippen molar-refractivity contribution >= 4 is 5.96 Å². The van der Waals surface area contributed by atoms with Crippen molar-refractivity contribution in [1.29, 1.82) is 0 Å². The molecule has 2 aromatic rings. The van der Waals surface area contributed by atoms with Crippen LogP contribution >= 0.6 is 0 Å². The Kier molecular flexibility index (Phi) is 4.40. The van der Waals surface area contributed by atoms with Crippen LogP contribution in [0.25, 0.3) is 11.1 Å². The fraction of sp³-hybridized carbons (Fsp3) is 0.429. The molecular formula is C21H23FN4O3. The summed E-state index contributed by atoms with van der Waals surface area (Å²) in [6.07, 6.45) is 3.88. The first-order valence-electron chi connectivity index (χ1n) is 9.84. The van der Waals surface area contributed by atoms with Crippen molar-refractivity contribution in [2.75, 3.05) is 20.3 Å². The Morgan fingerprint density at radius 1 is 1.31 bits per heavy atom. The molecule has 1 saturated heterocycles. The lowest BCUT2D eigenvalue weighted by molar-refractivity contribution is -0.196. The number of aromatic nitrogens is 1. The smallest absolute Gasteiger partial charge is 0.221 e. The van der Waals surface area contributed by atoms with E-state index in [1.807, 2.05) is 18.2 Å². The second-order valence-electron chi connectivity index (χ2n) is 7.73. The predicted octanol–water partition coefficient (Wildman–Crippen LogP) is 2.81. The quantitative estimate of drug-likeness (QED) is 0.784. The highest BCUT2D eigenvalue weighted by Crippen LogP contribution is 2.48. The van der Waals surface area contributed by atoms with Crippen molar-refractivity contribution in [2.24, 2.45) is 16.6 Å². The molecule has 0 radical (unpaired) electrons. The minimum absolute atomic E-state index is 0.105. The zero-order chi connectivity index (χ0) is 20.0. The van der Waals surface area contributed by atoms with Crippen molar-refractivity contribution in [1.82, 2.24) is 10.0 Å². The summed E-state index contributed by atoms with van der Waals surface area (Å²) in [5.74, 6) is 0.708. The molecule has 4 heterocycles. The van der Waals surface area contributed by atoms with E-state index in [2.05, 4.69) is 9.98 Å². The first-order valence-corrected chi connectivity index (χ1v) is 9.84. The molecule has 0 amide bonds. The van der Waals surface area contributed by atoms with Crippen LogP contribution in [0.15, 0.2) is 41.5 Å². The third-order valence-corrected chi connectivity index (χ3v) is 5.85. The summed E-state index contributed by atoms with van der Waals surface area (Å²) in [6, 6.07) is 8.94. The Bertz CT molecular complexity index is 963. The Morgan fingerprint density at radius 2 is 2.21 bits per heavy atom. The number of fused-ring (bicyclic) bond motifs is 2. The van der Waals surface area contributed by atoms with Gasteiger partial charge in [-0.05, 0) is 42.7 Å². The maximum Gasteiger partial charge on any atom is 0.221 e. The van der Waals surface area contributed by atoms with E-state index in [-0.39, 0.29) is 12.0 Å². The number of benzene rings is 1. The van der Waals surface area contributed by atoms with Crippen LogP contribution in [-0.4, -0.2) is 42.4 Å². The van der Waals surface area contributed by atoms with Crippen LogP contribution < -0.4 is 10.5 Å². The summed E-state index contributed by atoms with van der Waals surface area (Å²) < 4.78 is 26.3. The summed E-state index contributed by atoms with van der Waals surface area (Å²) in [4.78, 5) is 14.6. The third-order valence-electron chi connectivity index (χ3n) is 5.85. The molecule has 3 unspecified atom stereocenters. The molecule has 8 heteroatoms. The maximum atomic E-state index is 14.3. The van der Waals surface area contributed by atoms with Crippen molar-refractivity contribution in [3.05, 3.63) is 48.0 Å². The van der Waals surface area contributed by atoms with Crippen LogP contribution in [-0.2, 0) is 15.3 Å². The predicted molar refractivity (Wildman–Crippen MR) is 104 cm³/mol. The van der Waals surface area contributed by atoms with Gasteiger partial charge < -0.3 is 15.2 Å². The van der Waals surface area contributed by atoms with Crippen molar-refractivity contribution < 1.29 is 18.7 Å². The van der Waals surface area contributed by atoms with Gasteiger partial charge in [0.25, 0.3) is 0 Å². The molecule has 1 spiro atoms. The van der Waals surface area contributed by atoms with Crippen molar-refractivity contribution in [3.63, 3.8) is 0 Å². The number of guanidine groups is 1. The fourth-order valence-corrected chi connectivity index (χ4v) is 4.36. The highest BCUT2D eigenvalue weighted by atomic mass is 19.1. The summed E-state index contributed by atoms with van der Waals surface area (Å²) in [5, 5.41) is 1.47. The molecule has 3 atom stereocenters. The normalized spacial score (nSPS) is 28.8. The van der Waals surface area contributed by atoms with E-state index >= 15 is 0 Å². The first-order chi connectivity index (χ1) is 14.1. The van der Waals surface area contributed by atoms with Gasteiger partial charge in [0.05, 0.1) is 12.2 Å². The number of hydrogen-bond donors (Lipinski definition) is 1. The highest BCUT2D eigenvalue weighted by molar-refractivity contribution is 5.79. The average Bonchev–Trinajstić information content (AvgIpc) is 3.02. The number of halogens is 1. The molecular weight excluding hydrogens is 375 g/mol. The van der Waals surface area contributed by atoms with Crippen LogP contribution in [0.1, 0.15) is 24.8 Å². The van der Waals surface area contributed by atoms with Gasteiger partial charge in [0.1, 0.15) is 11.9 Å². The van der Waals surface area contributed by atoms with Gasteiger partial charge in [0, 0.05) is 37.8 Å². The molecule has 3 aliphatic heterocycles.